The Kier molecular flexibility index (Phi) is 4.52. The molecule has 0 spiro atoms. The first-order chi connectivity index (χ1) is 8.77. The third kappa shape index (κ3) is 3.43. The molecule has 2 heterocycles. The van der Waals surface area contributed by atoms with Crippen LogP contribution < -0.4 is 5.32 Å². The van der Waals surface area contributed by atoms with Gasteiger partial charge >= 0.3 is 6.03 Å². The van der Waals surface area contributed by atoms with Crippen LogP contribution in [0.25, 0.3) is 0 Å². The summed E-state index contributed by atoms with van der Waals surface area (Å²) in [4.78, 5) is 20.1. The molecular weight excluding hydrogens is 228 g/mol. The van der Waals surface area contributed by atoms with E-state index in [1.807, 2.05) is 30.1 Å². The summed E-state index contributed by atoms with van der Waals surface area (Å²) in [5, 5.41) is 3.24. The summed E-state index contributed by atoms with van der Waals surface area (Å²) in [7, 11) is 1.85. The number of nitrogens with zero attached hydrogens (tertiary/aromatic N) is 3. The second-order valence-electron chi connectivity index (χ2n) is 4.51. The molecule has 1 aromatic heterocycles. The van der Waals surface area contributed by atoms with Crippen molar-refractivity contribution < 1.29 is 4.79 Å². The molecule has 1 N–H and O–H groups in total. The van der Waals surface area contributed by atoms with Gasteiger partial charge in [0.05, 0.1) is 0 Å². The predicted molar refractivity (Wildman–Crippen MR) is 70.4 cm³/mol. The van der Waals surface area contributed by atoms with E-state index in [0.717, 1.165) is 38.3 Å². The van der Waals surface area contributed by atoms with Crippen LogP contribution in [0.2, 0.25) is 0 Å². The third-order valence-corrected chi connectivity index (χ3v) is 3.14. The van der Waals surface area contributed by atoms with E-state index >= 15 is 0 Å². The first-order valence-electron chi connectivity index (χ1n) is 6.38. The zero-order chi connectivity index (χ0) is 12.8. The average Bonchev–Trinajstić information content (AvgIpc) is 2.46. The number of amides is 2. The number of hydrogen-bond donors (Lipinski definition) is 1. The van der Waals surface area contributed by atoms with Gasteiger partial charge in [-0.1, -0.05) is 6.07 Å². The Bertz CT molecular complexity index is 376. The van der Waals surface area contributed by atoms with Crippen molar-refractivity contribution in [3.05, 3.63) is 30.1 Å². The summed E-state index contributed by atoms with van der Waals surface area (Å²) < 4.78 is 0. The van der Waals surface area contributed by atoms with E-state index in [4.69, 9.17) is 0 Å². The van der Waals surface area contributed by atoms with Crippen LogP contribution in [0.3, 0.4) is 0 Å². The molecule has 1 aliphatic heterocycles. The predicted octanol–water partition coefficient (Wildman–Crippen LogP) is 0.581. The number of aromatic nitrogens is 1. The number of piperazine rings is 1. The highest BCUT2D eigenvalue weighted by molar-refractivity contribution is 5.74. The Morgan fingerprint density at radius 3 is 2.89 bits per heavy atom. The quantitative estimate of drug-likeness (QED) is 0.851. The summed E-state index contributed by atoms with van der Waals surface area (Å²) >= 11 is 0. The second-order valence-corrected chi connectivity index (χ2v) is 4.51. The minimum Gasteiger partial charge on any atom is -0.327 e. The molecule has 5 heteroatoms. The van der Waals surface area contributed by atoms with Crippen molar-refractivity contribution in [2.75, 3.05) is 39.8 Å². The number of nitrogens with one attached hydrogen (secondary N) is 1. The smallest absolute Gasteiger partial charge is 0.319 e. The van der Waals surface area contributed by atoms with Gasteiger partial charge in [0.25, 0.3) is 0 Å². The molecule has 0 radical (unpaired) electrons. The Balaban J connectivity index is 1.80. The van der Waals surface area contributed by atoms with Crippen LogP contribution >= 0.6 is 0 Å². The topological polar surface area (TPSA) is 48.5 Å². The molecular formula is C13H20N4O. The zero-order valence-corrected chi connectivity index (χ0v) is 10.8. The number of rotatable bonds is 3. The van der Waals surface area contributed by atoms with Crippen LogP contribution in [0.1, 0.15) is 5.69 Å². The molecule has 0 unspecified atom stereocenters. The van der Waals surface area contributed by atoms with E-state index in [1.165, 1.54) is 0 Å². The lowest BCUT2D eigenvalue weighted by molar-refractivity contribution is 0.156. The maximum Gasteiger partial charge on any atom is 0.319 e. The van der Waals surface area contributed by atoms with E-state index in [0.29, 0.717) is 6.54 Å². The van der Waals surface area contributed by atoms with Gasteiger partial charge in [-0.25, -0.2) is 4.79 Å². The van der Waals surface area contributed by atoms with Gasteiger partial charge in [-0.3, -0.25) is 4.98 Å². The lowest BCUT2D eigenvalue weighted by atomic mass is 10.2. The molecule has 1 aromatic rings. The van der Waals surface area contributed by atoms with Crippen molar-refractivity contribution in [2.24, 2.45) is 0 Å². The molecule has 0 aliphatic carbocycles. The fourth-order valence-corrected chi connectivity index (χ4v) is 2.02. The van der Waals surface area contributed by atoms with E-state index < -0.39 is 0 Å². The van der Waals surface area contributed by atoms with E-state index in [1.54, 1.807) is 11.1 Å². The lowest BCUT2D eigenvalue weighted by Gasteiger charge is -2.31. The van der Waals surface area contributed by atoms with Gasteiger partial charge in [-0.05, 0) is 12.1 Å². The van der Waals surface area contributed by atoms with Crippen molar-refractivity contribution in [3.8, 4) is 0 Å². The summed E-state index contributed by atoms with van der Waals surface area (Å²) in [6.45, 7) is 4.08. The molecule has 1 fully saturated rings. The van der Waals surface area contributed by atoms with Gasteiger partial charge in [0.2, 0.25) is 0 Å². The Hall–Kier alpha value is -1.62. The number of urea groups is 1. The van der Waals surface area contributed by atoms with E-state index in [-0.39, 0.29) is 6.03 Å². The first-order valence-corrected chi connectivity index (χ1v) is 6.38. The Morgan fingerprint density at radius 2 is 2.22 bits per heavy atom. The van der Waals surface area contributed by atoms with Crippen molar-refractivity contribution in [1.29, 1.82) is 0 Å². The molecule has 2 rings (SSSR count). The van der Waals surface area contributed by atoms with Gasteiger partial charge in [0, 0.05) is 58.1 Å². The van der Waals surface area contributed by atoms with Crippen molar-refractivity contribution in [3.63, 3.8) is 0 Å². The number of hydrogen-bond acceptors (Lipinski definition) is 3. The molecule has 1 saturated heterocycles. The molecule has 2 amide bonds. The molecule has 0 saturated carbocycles. The van der Waals surface area contributed by atoms with Gasteiger partial charge in [0.15, 0.2) is 0 Å². The van der Waals surface area contributed by atoms with Gasteiger partial charge in [0.1, 0.15) is 0 Å². The number of likely N-dealkylation sites (N-methyl/N-ethyl adjacent to an activating group) is 1. The molecule has 0 aromatic carbocycles. The highest BCUT2D eigenvalue weighted by Gasteiger charge is 2.19. The van der Waals surface area contributed by atoms with E-state index in [2.05, 4.69) is 10.3 Å². The molecule has 18 heavy (non-hydrogen) atoms. The van der Waals surface area contributed by atoms with Gasteiger partial charge < -0.3 is 15.1 Å². The monoisotopic (exact) mass is 248 g/mol. The van der Waals surface area contributed by atoms with Crippen LogP contribution in [0.15, 0.2) is 24.4 Å². The summed E-state index contributed by atoms with van der Waals surface area (Å²) in [5.74, 6) is 0. The molecule has 0 atom stereocenters. The largest absolute Gasteiger partial charge is 0.327 e. The molecule has 1 aliphatic rings. The van der Waals surface area contributed by atoms with Crippen LogP contribution in [-0.2, 0) is 6.42 Å². The highest BCUT2D eigenvalue weighted by Crippen LogP contribution is 2.01. The fourth-order valence-electron chi connectivity index (χ4n) is 2.02. The molecule has 0 bridgehead atoms. The van der Waals surface area contributed by atoms with Crippen LogP contribution in [0.4, 0.5) is 4.79 Å². The van der Waals surface area contributed by atoms with Crippen LogP contribution in [-0.4, -0.2) is 60.6 Å². The van der Waals surface area contributed by atoms with Crippen molar-refractivity contribution in [2.45, 2.75) is 6.42 Å². The normalized spacial score (nSPS) is 15.5. The Labute approximate surface area is 108 Å². The zero-order valence-electron chi connectivity index (χ0n) is 10.8. The standard InChI is InChI=1S/C13H20N4O/c1-16(9-5-12-4-2-3-6-15-12)13(18)17-10-7-14-8-11-17/h2-4,6,14H,5,7-11H2,1H3. The average molecular weight is 248 g/mol. The number of pyridine rings is 1. The molecule has 5 nitrogen and oxygen atoms in total. The third-order valence-electron chi connectivity index (χ3n) is 3.14. The lowest BCUT2D eigenvalue weighted by Crippen LogP contribution is -2.50. The van der Waals surface area contributed by atoms with Crippen molar-refractivity contribution in [1.82, 2.24) is 20.1 Å². The van der Waals surface area contributed by atoms with Crippen molar-refractivity contribution >= 4 is 6.03 Å². The van der Waals surface area contributed by atoms with Crippen LogP contribution in [0, 0.1) is 0 Å². The van der Waals surface area contributed by atoms with Gasteiger partial charge in [-0.2, -0.15) is 0 Å². The molecule has 98 valence electrons. The summed E-state index contributed by atoms with van der Waals surface area (Å²) in [6, 6.07) is 5.98. The Morgan fingerprint density at radius 1 is 1.44 bits per heavy atom. The number of carbonyl (C=O) groups excluding carboxylic acids is 1. The summed E-state index contributed by atoms with van der Waals surface area (Å²) in [6.07, 6.45) is 2.59. The fraction of sp³-hybridized carbons (Fsp3) is 0.538. The number of carbonyl (C=O) groups is 1. The maximum absolute atomic E-state index is 12.1. The van der Waals surface area contributed by atoms with E-state index in [9.17, 15) is 4.79 Å². The summed E-state index contributed by atoms with van der Waals surface area (Å²) in [5.41, 5.74) is 1.03. The minimum atomic E-state index is 0.118. The van der Waals surface area contributed by atoms with Crippen LogP contribution in [0.5, 0.6) is 0 Å². The highest BCUT2D eigenvalue weighted by atomic mass is 16.2. The van der Waals surface area contributed by atoms with Gasteiger partial charge in [-0.15, -0.1) is 0 Å². The minimum absolute atomic E-state index is 0.118. The first kappa shape index (κ1) is 12.8. The second kappa shape index (κ2) is 6.35. The maximum atomic E-state index is 12.1. The SMILES string of the molecule is CN(CCc1ccccn1)C(=O)N1CCNCC1.